The van der Waals surface area contributed by atoms with Gasteiger partial charge in [0.05, 0.1) is 52.9 Å². The predicted octanol–water partition coefficient (Wildman–Crippen LogP) is 15.4. The van der Waals surface area contributed by atoms with E-state index < -0.39 is 0 Å². The van der Waals surface area contributed by atoms with Crippen LogP contribution in [0.15, 0.2) is 165 Å². The number of methoxy groups -OCH3 is 4. The standard InChI is InChI=1S/C20H27O3S.C19H25O3S.C18H23O2S.C17H21O2S/c1-21-11-12-22-13-14-23-19-9-10-20(24-15-5-2-6-16-24)18-8-4-3-7-17(18)19;1-20-10-11-21-12-13-22-18-8-9-19(23-14-4-5-15-23)17-7-3-2-6-16(17)18;1-19-11-12-20-17-9-10-18(21-13-5-2-6-14-21)16-8-4-3-7-15(16)17;1-18-10-11-19-16-8-9-17(20-12-4-5-13-20)15-7-3-2-6-14(15)16/h3-4,7-10H,2,5-6,11-16H2,1H3;2-3,6-9H,4-5,10-15H2,1H3;3-4,7-10H,2,5-6,11-14H2,1H3;2-3,6-9H,4-5,10-13H2,1H3/q4*+1. The van der Waals surface area contributed by atoms with Crippen molar-refractivity contribution in [2.75, 3.05) is 154 Å². The molecule has 4 fully saturated rings. The zero-order valence-electron chi connectivity index (χ0n) is 52.8. The molecule has 14 heteroatoms. The van der Waals surface area contributed by atoms with Gasteiger partial charge in [0.2, 0.25) is 0 Å². The molecular weight excluding hydrogens is 1180 g/mol. The fraction of sp³-hybridized carbons (Fsp3) is 0.459. The summed E-state index contributed by atoms with van der Waals surface area (Å²) in [6, 6.07) is 52.2. The SMILES string of the molecule is COCCOCCOc1ccc([S+]2CCCC2)c2ccccc12.COCCOCCOc1ccc([S+]2CCCCC2)c2ccccc12.COCCOc1ccc([S+]2CCCC2)c2ccccc12.COCCOc1ccc([S+]2CCCCC2)c2ccccc12. The maximum Gasteiger partial charge on any atom is 0.162 e. The Morgan fingerprint density at radius 3 is 0.682 bits per heavy atom. The highest BCUT2D eigenvalue weighted by molar-refractivity contribution is 7.98. The van der Waals surface area contributed by atoms with Gasteiger partial charge in [-0.3, -0.25) is 0 Å². The molecule has 0 saturated carbocycles. The van der Waals surface area contributed by atoms with E-state index in [-0.39, 0.29) is 0 Å². The number of hydrogen-bond acceptors (Lipinski definition) is 10. The van der Waals surface area contributed by atoms with Crippen molar-refractivity contribution in [3.63, 3.8) is 0 Å². The molecule has 472 valence electrons. The average molecular weight is 1270 g/mol. The maximum absolute atomic E-state index is 5.98. The minimum atomic E-state index is 0.404. The van der Waals surface area contributed by atoms with Crippen molar-refractivity contribution in [1.29, 1.82) is 0 Å². The van der Waals surface area contributed by atoms with Crippen molar-refractivity contribution in [3.8, 4) is 23.0 Å². The van der Waals surface area contributed by atoms with Gasteiger partial charge < -0.3 is 47.4 Å². The molecule has 4 saturated heterocycles. The third kappa shape index (κ3) is 19.6. The van der Waals surface area contributed by atoms with Crippen LogP contribution in [-0.2, 0) is 72.0 Å². The molecule has 0 amide bonds. The van der Waals surface area contributed by atoms with Gasteiger partial charge in [0.25, 0.3) is 0 Å². The van der Waals surface area contributed by atoms with Crippen LogP contribution in [0.5, 0.6) is 23.0 Å². The first-order valence-corrected chi connectivity index (χ1v) is 38.2. The molecule has 0 unspecified atom stereocenters. The summed E-state index contributed by atoms with van der Waals surface area (Å²) >= 11 is 0. The second-order valence-corrected chi connectivity index (χ2v) is 31.1. The summed E-state index contributed by atoms with van der Waals surface area (Å²) in [7, 11) is 8.45. The summed E-state index contributed by atoms with van der Waals surface area (Å²) in [6.45, 7) is 7.24. The molecule has 8 aromatic carbocycles. The molecule has 12 rings (SSSR count). The zero-order valence-corrected chi connectivity index (χ0v) is 56.1. The van der Waals surface area contributed by atoms with Crippen molar-refractivity contribution < 1.29 is 47.4 Å². The molecule has 0 aliphatic carbocycles. The lowest BCUT2D eigenvalue weighted by Crippen LogP contribution is -2.18. The molecule has 0 aromatic heterocycles. The fourth-order valence-electron chi connectivity index (χ4n) is 11.7. The van der Waals surface area contributed by atoms with E-state index >= 15 is 0 Å². The van der Waals surface area contributed by atoms with Crippen molar-refractivity contribution in [2.24, 2.45) is 0 Å². The van der Waals surface area contributed by atoms with E-state index in [2.05, 4.69) is 146 Å². The summed E-state index contributed by atoms with van der Waals surface area (Å²) in [4.78, 5) is 6.09. The molecular formula is C74H96O10S4+4. The van der Waals surface area contributed by atoms with Crippen LogP contribution in [-0.4, -0.2) is 154 Å². The van der Waals surface area contributed by atoms with Gasteiger partial charge in [-0.15, -0.1) is 0 Å². The number of rotatable bonds is 26. The quantitative estimate of drug-likeness (QED) is 0.0386. The Morgan fingerprint density at radius 2 is 0.432 bits per heavy atom. The minimum absolute atomic E-state index is 0.404. The molecule has 4 aliphatic rings. The first-order chi connectivity index (χ1) is 43.6. The van der Waals surface area contributed by atoms with Crippen LogP contribution in [0.4, 0.5) is 0 Å². The summed E-state index contributed by atoms with van der Waals surface area (Å²) in [5.74, 6) is 14.7. The lowest BCUT2D eigenvalue weighted by Gasteiger charge is -2.16. The Morgan fingerprint density at radius 1 is 0.227 bits per heavy atom. The molecule has 0 N–H and O–H groups in total. The van der Waals surface area contributed by atoms with Gasteiger partial charge in [-0.1, -0.05) is 72.8 Å². The molecule has 0 atom stereocenters. The Labute approximate surface area is 536 Å². The molecule has 0 bridgehead atoms. The predicted molar refractivity (Wildman–Crippen MR) is 375 cm³/mol. The topological polar surface area (TPSA) is 92.3 Å². The van der Waals surface area contributed by atoms with Crippen LogP contribution < -0.4 is 18.9 Å². The molecule has 88 heavy (non-hydrogen) atoms. The third-order valence-electron chi connectivity index (χ3n) is 16.2. The highest BCUT2D eigenvalue weighted by Gasteiger charge is 2.32. The van der Waals surface area contributed by atoms with Crippen LogP contribution in [0.2, 0.25) is 0 Å². The third-order valence-corrected chi connectivity index (χ3v) is 26.3. The second-order valence-electron chi connectivity index (χ2n) is 22.2. The first-order valence-electron chi connectivity index (χ1n) is 32.0. The molecule has 0 radical (unpaired) electrons. The van der Waals surface area contributed by atoms with E-state index in [1.54, 1.807) is 28.4 Å². The lowest BCUT2D eigenvalue weighted by atomic mass is 10.1. The van der Waals surface area contributed by atoms with Gasteiger partial charge in [-0.25, -0.2) is 0 Å². The molecule has 4 heterocycles. The Kier molecular flexibility index (Phi) is 29.3. The van der Waals surface area contributed by atoms with Gasteiger partial charge in [0.15, 0.2) is 19.6 Å². The fourth-order valence-corrected chi connectivity index (χ4v) is 21.7. The summed E-state index contributed by atoms with van der Waals surface area (Å²) in [5.41, 5.74) is 0. The van der Waals surface area contributed by atoms with Crippen molar-refractivity contribution in [2.45, 2.75) is 83.8 Å². The highest BCUT2D eigenvalue weighted by Crippen LogP contribution is 2.39. The van der Waals surface area contributed by atoms with Crippen molar-refractivity contribution >= 4 is 86.7 Å². The minimum Gasteiger partial charge on any atom is -0.491 e. The number of ether oxygens (including phenoxy) is 10. The van der Waals surface area contributed by atoms with E-state index in [1.165, 1.54) is 173 Å². The van der Waals surface area contributed by atoms with Crippen LogP contribution in [0.25, 0.3) is 43.1 Å². The Bertz CT molecular complexity index is 3300. The number of benzene rings is 8. The zero-order chi connectivity index (χ0) is 60.8. The number of hydrogen-bond donors (Lipinski definition) is 0. The van der Waals surface area contributed by atoms with Gasteiger partial charge in [-0.2, -0.15) is 0 Å². The van der Waals surface area contributed by atoms with E-state index in [4.69, 9.17) is 47.4 Å². The van der Waals surface area contributed by atoms with Crippen molar-refractivity contribution in [1.82, 2.24) is 0 Å². The summed E-state index contributed by atoms with van der Waals surface area (Å²) in [6.07, 6.45) is 13.8. The van der Waals surface area contributed by atoms with E-state index in [9.17, 15) is 0 Å². The molecule has 4 aliphatic heterocycles. The normalized spacial score (nSPS) is 15.8. The average Bonchev–Trinajstić information content (AvgIpc) is 2.08. The summed E-state index contributed by atoms with van der Waals surface area (Å²) in [5, 5.41) is 10.4. The van der Waals surface area contributed by atoms with Gasteiger partial charge in [0.1, 0.15) is 95.4 Å². The van der Waals surface area contributed by atoms with E-state index in [1.807, 2.05) is 0 Å². The van der Waals surface area contributed by atoms with Crippen LogP contribution in [0.3, 0.4) is 0 Å². The second kappa shape index (κ2) is 38.1. The maximum atomic E-state index is 5.98. The number of fused-ring (bicyclic) bond motifs is 4. The van der Waals surface area contributed by atoms with Crippen molar-refractivity contribution in [3.05, 3.63) is 146 Å². The Hall–Kier alpha value is -4.84. The molecule has 0 spiro atoms. The smallest absolute Gasteiger partial charge is 0.162 e. The molecule has 10 nitrogen and oxygen atoms in total. The van der Waals surface area contributed by atoms with Crippen LogP contribution in [0, 0.1) is 0 Å². The van der Waals surface area contributed by atoms with E-state index in [0.29, 0.717) is 123 Å². The monoisotopic (exact) mass is 1270 g/mol. The van der Waals surface area contributed by atoms with E-state index in [0.717, 1.165) is 23.0 Å². The van der Waals surface area contributed by atoms with Gasteiger partial charge in [-0.05, 0) is 137 Å². The van der Waals surface area contributed by atoms with Crippen LogP contribution in [0.1, 0.15) is 64.2 Å². The largest absolute Gasteiger partial charge is 0.491 e. The lowest BCUT2D eigenvalue weighted by molar-refractivity contribution is 0.0547. The Balaban J connectivity index is 0.000000140. The van der Waals surface area contributed by atoms with Gasteiger partial charge in [0, 0.05) is 115 Å². The first kappa shape index (κ1) is 67.6. The summed E-state index contributed by atoms with van der Waals surface area (Å²) < 4.78 is 54.7. The highest BCUT2D eigenvalue weighted by atomic mass is 32.2. The van der Waals surface area contributed by atoms with Crippen LogP contribution >= 0.6 is 0 Å². The molecule has 8 aromatic rings. The van der Waals surface area contributed by atoms with Gasteiger partial charge >= 0.3 is 0 Å².